The zero-order valence-electron chi connectivity index (χ0n) is 11.8. The molecule has 114 valence electrons. The molecule has 1 saturated carbocycles. The van der Waals surface area contributed by atoms with Crippen molar-refractivity contribution in [3.05, 3.63) is 11.3 Å². The zero-order chi connectivity index (χ0) is 14.8. The molecular weight excluding hydrogens is 296 g/mol. The molecule has 1 aliphatic rings. The summed E-state index contributed by atoms with van der Waals surface area (Å²) in [5.41, 5.74) is 6.89. The van der Waals surface area contributed by atoms with Crippen LogP contribution in [0, 0.1) is 6.92 Å². The van der Waals surface area contributed by atoms with Crippen molar-refractivity contribution < 1.29 is 8.42 Å². The van der Waals surface area contributed by atoms with Crippen molar-refractivity contribution in [2.24, 2.45) is 5.73 Å². The summed E-state index contributed by atoms with van der Waals surface area (Å²) in [6, 6.07) is -0.00687. The number of sulfonamides is 1. The van der Waals surface area contributed by atoms with Crippen LogP contribution in [0.5, 0.6) is 0 Å². The van der Waals surface area contributed by atoms with Crippen LogP contribution in [0.1, 0.15) is 37.4 Å². The lowest BCUT2D eigenvalue weighted by Crippen LogP contribution is -2.39. The van der Waals surface area contributed by atoms with Crippen LogP contribution in [0.25, 0.3) is 0 Å². The van der Waals surface area contributed by atoms with Gasteiger partial charge in [0.2, 0.25) is 0 Å². The fourth-order valence-corrected chi connectivity index (χ4v) is 5.43. The molecule has 2 rings (SSSR count). The van der Waals surface area contributed by atoms with Crippen LogP contribution in [-0.4, -0.2) is 35.7 Å². The second-order valence-corrected chi connectivity index (χ2v) is 8.13. The van der Waals surface area contributed by atoms with Gasteiger partial charge in [-0.15, -0.1) is 0 Å². The molecule has 1 aliphatic carbocycles. The van der Waals surface area contributed by atoms with Crippen molar-refractivity contribution in [1.82, 2.24) is 14.9 Å². The molecule has 0 aliphatic heterocycles. The maximum absolute atomic E-state index is 12.5. The number of rotatable bonds is 6. The summed E-state index contributed by atoms with van der Waals surface area (Å²) in [6.07, 6.45) is 3.02. The van der Waals surface area contributed by atoms with Gasteiger partial charge in [0.05, 0.1) is 0 Å². The van der Waals surface area contributed by atoms with E-state index in [1.54, 1.807) is 6.92 Å². The van der Waals surface area contributed by atoms with E-state index in [-0.39, 0.29) is 17.6 Å². The highest BCUT2D eigenvalue weighted by atomic mass is 32.2. The van der Waals surface area contributed by atoms with Crippen molar-refractivity contribution >= 4 is 21.8 Å². The number of nitrogens with one attached hydrogen (secondary N) is 2. The third-order valence-corrected chi connectivity index (χ3v) is 6.42. The van der Waals surface area contributed by atoms with Gasteiger partial charge < -0.3 is 5.73 Å². The fourth-order valence-electron chi connectivity index (χ4n) is 2.62. The van der Waals surface area contributed by atoms with E-state index in [1.807, 2.05) is 11.8 Å². The van der Waals surface area contributed by atoms with Crippen LogP contribution >= 0.6 is 11.8 Å². The Morgan fingerprint density at radius 1 is 1.50 bits per heavy atom. The average molecular weight is 318 g/mol. The minimum Gasteiger partial charge on any atom is -0.326 e. The number of nitrogens with zero attached hydrogens (tertiary/aromatic N) is 1. The van der Waals surface area contributed by atoms with E-state index in [0.29, 0.717) is 16.5 Å². The van der Waals surface area contributed by atoms with Crippen molar-refractivity contribution in [2.45, 2.75) is 56.0 Å². The van der Waals surface area contributed by atoms with Crippen LogP contribution in [0.15, 0.2) is 5.03 Å². The Labute approximate surface area is 124 Å². The lowest BCUT2D eigenvalue weighted by Gasteiger charge is -2.19. The maximum Gasteiger partial charge on any atom is 0.260 e. The first-order valence-electron chi connectivity index (χ1n) is 6.87. The lowest BCUT2D eigenvalue weighted by atomic mass is 10.3. The van der Waals surface area contributed by atoms with Crippen molar-refractivity contribution in [3.8, 4) is 0 Å². The molecular formula is C12H22N4O2S2. The van der Waals surface area contributed by atoms with Gasteiger partial charge in [-0.3, -0.25) is 5.10 Å². The number of hydrogen-bond donors (Lipinski definition) is 3. The monoisotopic (exact) mass is 318 g/mol. The van der Waals surface area contributed by atoms with Gasteiger partial charge in [0, 0.05) is 29.1 Å². The van der Waals surface area contributed by atoms with Gasteiger partial charge in [-0.2, -0.15) is 16.9 Å². The number of thioether (sulfide) groups is 1. The Morgan fingerprint density at radius 2 is 2.25 bits per heavy atom. The minimum atomic E-state index is -3.60. The predicted molar refractivity (Wildman–Crippen MR) is 81.1 cm³/mol. The van der Waals surface area contributed by atoms with Crippen molar-refractivity contribution in [1.29, 1.82) is 0 Å². The molecule has 0 aromatic carbocycles. The topological polar surface area (TPSA) is 101 Å². The number of aromatic nitrogens is 2. The molecule has 20 heavy (non-hydrogen) atoms. The zero-order valence-corrected chi connectivity index (χ0v) is 13.5. The Morgan fingerprint density at radius 3 is 2.90 bits per heavy atom. The van der Waals surface area contributed by atoms with Gasteiger partial charge in [-0.25, -0.2) is 13.1 Å². The van der Waals surface area contributed by atoms with Crippen LogP contribution in [0.2, 0.25) is 0 Å². The molecule has 0 saturated heterocycles. The smallest absolute Gasteiger partial charge is 0.260 e. The second-order valence-electron chi connectivity index (χ2n) is 4.99. The Kier molecular flexibility index (Phi) is 5.11. The number of nitrogens with two attached hydrogens (primary N) is 1. The van der Waals surface area contributed by atoms with Gasteiger partial charge in [-0.05, 0) is 25.5 Å². The molecule has 0 bridgehead atoms. The van der Waals surface area contributed by atoms with E-state index < -0.39 is 10.0 Å². The first kappa shape index (κ1) is 15.8. The molecule has 4 N–H and O–H groups in total. The van der Waals surface area contributed by atoms with Gasteiger partial charge in [0.1, 0.15) is 0 Å². The largest absolute Gasteiger partial charge is 0.326 e. The number of aromatic amines is 1. The molecule has 6 nitrogen and oxygen atoms in total. The van der Waals surface area contributed by atoms with E-state index in [4.69, 9.17) is 5.73 Å². The third-order valence-electron chi connectivity index (χ3n) is 3.63. The van der Waals surface area contributed by atoms with Gasteiger partial charge >= 0.3 is 0 Å². The molecule has 1 heterocycles. The minimum absolute atomic E-state index is 0.00687. The highest BCUT2D eigenvalue weighted by molar-refractivity contribution is 8.00. The lowest BCUT2D eigenvalue weighted by molar-refractivity contribution is 0.550. The van der Waals surface area contributed by atoms with Gasteiger partial charge in [0.25, 0.3) is 10.0 Å². The highest BCUT2D eigenvalue weighted by Crippen LogP contribution is 2.31. The van der Waals surface area contributed by atoms with Gasteiger partial charge in [0.15, 0.2) is 5.03 Å². The van der Waals surface area contributed by atoms with E-state index in [2.05, 4.69) is 21.8 Å². The van der Waals surface area contributed by atoms with E-state index in [0.717, 1.165) is 25.0 Å². The van der Waals surface area contributed by atoms with E-state index in [1.165, 1.54) is 0 Å². The van der Waals surface area contributed by atoms with Crippen molar-refractivity contribution in [3.63, 3.8) is 0 Å². The number of H-pyrrole nitrogens is 1. The second kappa shape index (κ2) is 6.46. The highest BCUT2D eigenvalue weighted by Gasteiger charge is 2.33. The van der Waals surface area contributed by atoms with Crippen molar-refractivity contribution in [2.75, 3.05) is 5.75 Å². The summed E-state index contributed by atoms with van der Waals surface area (Å²) in [4.78, 5) is 0. The van der Waals surface area contributed by atoms with Crippen LogP contribution in [0.3, 0.4) is 0 Å². The molecule has 1 aromatic heterocycles. The van der Waals surface area contributed by atoms with Crippen LogP contribution in [0.4, 0.5) is 0 Å². The van der Waals surface area contributed by atoms with E-state index >= 15 is 0 Å². The average Bonchev–Trinajstić information content (AvgIpc) is 2.97. The molecule has 1 fully saturated rings. The predicted octanol–water partition coefficient (Wildman–Crippen LogP) is 1.13. The molecule has 0 amide bonds. The summed E-state index contributed by atoms with van der Waals surface area (Å²) < 4.78 is 27.8. The normalized spacial score (nSPS) is 23.4. The van der Waals surface area contributed by atoms with Gasteiger partial charge in [-0.1, -0.05) is 13.3 Å². The van der Waals surface area contributed by atoms with Crippen LogP contribution in [-0.2, 0) is 16.6 Å². The molecule has 2 atom stereocenters. The standard InChI is InChI=1S/C12H22N4O2S2/c1-3-19-11-6-4-5-10(11)16-20(17,18)12-9(7-13)8(2)14-15-12/h10-11,16H,3-7,13H2,1-2H3,(H,14,15). The SMILES string of the molecule is CCSC1CCCC1NS(=O)(=O)c1n[nH]c(C)c1CN. The summed E-state index contributed by atoms with van der Waals surface area (Å²) >= 11 is 1.82. The summed E-state index contributed by atoms with van der Waals surface area (Å²) in [5, 5.41) is 7.01. The summed E-state index contributed by atoms with van der Waals surface area (Å²) in [6.45, 7) is 4.04. The third kappa shape index (κ3) is 3.19. The molecule has 2 unspecified atom stereocenters. The van der Waals surface area contributed by atoms with E-state index in [9.17, 15) is 8.42 Å². The Hall–Kier alpha value is -0.570. The van der Waals surface area contributed by atoms with Crippen LogP contribution < -0.4 is 10.5 Å². The first-order valence-corrected chi connectivity index (χ1v) is 9.40. The molecule has 8 heteroatoms. The maximum atomic E-state index is 12.5. The molecule has 1 aromatic rings. The number of hydrogen-bond acceptors (Lipinski definition) is 5. The first-order chi connectivity index (χ1) is 9.49. The Bertz CT molecular complexity index is 556. The Balaban J connectivity index is 2.18. The summed E-state index contributed by atoms with van der Waals surface area (Å²) in [5.74, 6) is 0.998. The number of aryl methyl sites for hydroxylation is 1. The molecule has 0 spiro atoms. The quantitative estimate of drug-likeness (QED) is 0.730. The fraction of sp³-hybridized carbons (Fsp3) is 0.750. The summed E-state index contributed by atoms with van der Waals surface area (Å²) in [7, 11) is -3.60. The molecule has 0 radical (unpaired) electrons.